The predicted octanol–water partition coefficient (Wildman–Crippen LogP) is 1.14. The van der Waals surface area contributed by atoms with E-state index in [-0.39, 0.29) is 11.4 Å². The van der Waals surface area contributed by atoms with Crippen molar-refractivity contribution >= 4 is 23.1 Å². The molecule has 5 nitrogen and oxygen atoms in total. The number of aromatic nitrogens is 3. The molecule has 0 unspecified atom stereocenters. The van der Waals surface area contributed by atoms with Gasteiger partial charge in [0, 0.05) is 0 Å². The molecule has 0 aliphatic rings. The molecule has 0 aliphatic heterocycles. The lowest BCUT2D eigenvalue weighted by atomic mass is 10.3. The topological polar surface area (TPSA) is 80.0 Å². The second-order valence-corrected chi connectivity index (χ2v) is 3.18. The van der Waals surface area contributed by atoms with Crippen LogP contribution >= 0.6 is 11.6 Å². The van der Waals surface area contributed by atoms with Crippen LogP contribution in [0.1, 0.15) is 11.3 Å². The fraction of sp³-hybridized carbons (Fsp3) is 0.125. The van der Waals surface area contributed by atoms with Crippen LogP contribution in [0.2, 0.25) is 5.02 Å². The first-order chi connectivity index (χ1) is 6.65. The van der Waals surface area contributed by atoms with E-state index < -0.39 is 0 Å². The highest BCUT2D eigenvalue weighted by Gasteiger charge is 2.12. The van der Waals surface area contributed by atoms with Crippen LogP contribution in [0, 0.1) is 18.3 Å². The third kappa shape index (κ3) is 1.01. The van der Waals surface area contributed by atoms with E-state index in [9.17, 15) is 0 Å². The van der Waals surface area contributed by atoms with E-state index in [0.717, 1.165) is 0 Å². The molecular weight excluding hydrogens is 202 g/mol. The number of halogens is 1. The Morgan fingerprint density at radius 1 is 1.64 bits per heavy atom. The number of fused-ring (bicyclic) bond motifs is 1. The Kier molecular flexibility index (Phi) is 1.79. The average molecular weight is 208 g/mol. The lowest BCUT2D eigenvalue weighted by Gasteiger charge is -1.98. The van der Waals surface area contributed by atoms with E-state index in [1.54, 1.807) is 6.92 Å². The molecule has 0 amide bonds. The predicted molar refractivity (Wildman–Crippen MR) is 51.9 cm³/mol. The minimum atomic E-state index is 0.257. The van der Waals surface area contributed by atoms with Gasteiger partial charge in [-0.1, -0.05) is 11.6 Å². The zero-order valence-electron chi connectivity index (χ0n) is 7.32. The van der Waals surface area contributed by atoms with E-state index in [1.165, 1.54) is 10.7 Å². The van der Waals surface area contributed by atoms with E-state index in [0.29, 0.717) is 16.4 Å². The second-order valence-electron chi connectivity index (χ2n) is 2.80. The van der Waals surface area contributed by atoms with Gasteiger partial charge in [-0.15, -0.1) is 0 Å². The standard InChI is InChI=1S/C8H6ClN5/c1-4-6(9)8-12-3-5(2-10)7(11)14(8)13-4/h3H,11H2,1H3. The van der Waals surface area contributed by atoms with Gasteiger partial charge in [-0.2, -0.15) is 14.9 Å². The molecule has 0 aliphatic carbocycles. The van der Waals surface area contributed by atoms with Crippen molar-refractivity contribution in [3.05, 3.63) is 22.5 Å². The molecule has 2 heterocycles. The Bertz CT molecular complexity index is 551. The minimum Gasteiger partial charge on any atom is -0.382 e. The molecule has 0 bridgehead atoms. The first-order valence-electron chi connectivity index (χ1n) is 3.84. The lowest BCUT2D eigenvalue weighted by molar-refractivity contribution is 0.925. The molecule has 0 radical (unpaired) electrons. The second kappa shape index (κ2) is 2.86. The van der Waals surface area contributed by atoms with Crippen molar-refractivity contribution in [3.63, 3.8) is 0 Å². The summed E-state index contributed by atoms with van der Waals surface area (Å²) in [7, 11) is 0. The summed E-state index contributed by atoms with van der Waals surface area (Å²) < 4.78 is 1.37. The van der Waals surface area contributed by atoms with Gasteiger partial charge in [-0.05, 0) is 6.92 Å². The van der Waals surface area contributed by atoms with Crippen LogP contribution in [0.15, 0.2) is 6.20 Å². The smallest absolute Gasteiger partial charge is 0.176 e. The SMILES string of the molecule is Cc1nn2c(N)c(C#N)cnc2c1Cl. The molecule has 0 atom stereocenters. The Labute approximate surface area is 84.7 Å². The quantitative estimate of drug-likeness (QED) is 0.703. The van der Waals surface area contributed by atoms with Crippen LogP contribution in [0.3, 0.4) is 0 Å². The lowest BCUT2D eigenvalue weighted by Crippen LogP contribution is -2.02. The fourth-order valence-corrected chi connectivity index (χ4v) is 1.33. The van der Waals surface area contributed by atoms with Crippen molar-refractivity contribution < 1.29 is 0 Å². The zero-order chi connectivity index (χ0) is 10.3. The summed E-state index contributed by atoms with van der Waals surface area (Å²) >= 11 is 5.92. The molecule has 2 aromatic heterocycles. The molecule has 0 saturated heterocycles. The van der Waals surface area contributed by atoms with Gasteiger partial charge in [0.05, 0.1) is 11.9 Å². The monoisotopic (exact) mass is 207 g/mol. The van der Waals surface area contributed by atoms with Gasteiger partial charge < -0.3 is 5.73 Å². The van der Waals surface area contributed by atoms with Crippen molar-refractivity contribution in [3.8, 4) is 6.07 Å². The first-order valence-corrected chi connectivity index (χ1v) is 4.22. The van der Waals surface area contributed by atoms with Crippen LogP contribution in [0.25, 0.3) is 5.65 Å². The normalized spacial score (nSPS) is 10.4. The highest BCUT2D eigenvalue weighted by atomic mass is 35.5. The van der Waals surface area contributed by atoms with E-state index in [4.69, 9.17) is 22.6 Å². The number of hydrogen-bond donors (Lipinski definition) is 1. The molecule has 0 fully saturated rings. The zero-order valence-corrected chi connectivity index (χ0v) is 8.08. The van der Waals surface area contributed by atoms with E-state index in [1.807, 2.05) is 6.07 Å². The molecule has 70 valence electrons. The highest BCUT2D eigenvalue weighted by Crippen LogP contribution is 2.22. The molecule has 2 N–H and O–H groups in total. The van der Waals surface area contributed by atoms with Crippen molar-refractivity contribution in [1.29, 1.82) is 5.26 Å². The molecule has 6 heteroatoms. The van der Waals surface area contributed by atoms with Crippen LogP contribution in [0.5, 0.6) is 0 Å². The number of nitriles is 1. The highest BCUT2D eigenvalue weighted by molar-refractivity contribution is 6.34. The molecule has 0 aromatic carbocycles. The molecule has 2 aromatic rings. The van der Waals surface area contributed by atoms with Gasteiger partial charge in [0.15, 0.2) is 5.65 Å². The maximum atomic E-state index is 8.71. The largest absolute Gasteiger partial charge is 0.382 e. The third-order valence-corrected chi connectivity index (χ3v) is 2.35. The number of nitrogens with zero attached hydrogens (tertiary/aromatic N) is 4. The number of nitrogens with two attached hydrogens (primary N) is 1. The first kappa shape index (κ1) is 8.78. The molecule has 2 rings (SSSR count). The van der Waals surface area contributed by atoms with Crippen molar-refractivity contribution in [2.45, 2.75) is 6.92 Å². The van der Waals surface area contributed by atoms with Crippen LogP contribution < -0.4 is 5.73 Å². The summed E-state index contributed by atoms with van der Waals surface area (Å²) in [6, 6.07) is 1.92. The van der Waals surface area contributed by atoms with Crippen LogP contribution in [-0.4, -0.2) is 14.6 Å². The molecule has 0 saturated carbocycles. The molecule has 14 heavy (non-hydrogen) atoms. The van der Waals surface area contributed by atoms with Crippen LogP contribution in [-0.2, 0) is 0 Å². The number of hydrogen-bond acceptors (Lipinski definition) is 4. The van der Waals surface area contributed by atoms with Crippen molar-refractivity contribution in [1.82, 2.24) is 14.6 Å². The summed E-state index contributed by atoms with van der Waals surface area (Å²) in [4.78, 5) is 4.00. The summed E-state index contributed by atoms with van der Waals surface area (Å²) in [5.74, 6) is 0.257. The van der Waals surface area contributed by atoms with E-state index in [2.05, 4.69) is 10.1 Å². The van der Waals surface area contributed by atoms with Gasteiger partial charge in [-0.3, -0.25) is 0 Å². The Morgan fingerprint density at radius 2 is 2.36 bits per heavy atom. The summed E-state index contributed by atoms with van der Waals surface area (Å²) in [6.07, 6.45) is 1.39. The number of nitrogen functional groups attached to an aromatic ring is 1. The van der Waals surface area contributed by atoms with Gasteiger partial charge in [0.2, 0.25) is 0 Å². The molecule has 0 spiro atoms. The summed E-state index contributed by atoms with van der Waals surface area (Å²) in [5.41, 5.74) is 7.09. The van der Waals surface area contributed by atoms with Gasteiger partial charge >= 0.3 is 0 Å². The van der Waals surface area contributed by atoms with E-state index >= 15 is 0 Å². The maximum Gasteiger partial charge on any atom is 0.176 e. The number of aryl methyl sites for hydroxylation is 1. The van der Waals surface area contributed by atoms with Crippen molar-refractivity contribution in [2.75, 3.05) is 5.73 Å². The Hall–Kier alpha value is -1.80. The number of rotatable bonds is 0. The van der Waals surface area contributed by atoms with Gasteiger partial charge in [-0.25, -0.2) is 4.98 Å². The van der Waals surface area contributed by atoms with Gasteiger partial charge in [0.25, 0.3) is 0 Å². The number of anilines is 1. The fourth-order valence-electron chi connectivity index (χ4n) is 1.17. The Morgan fingerprint density at radius 3 is 3.00 bits per heavy atom. The maximum absolute atomic E-state index is 8.71. The van der Waals surface area contributed by atoms with Crippen LogP contribution in [0.4, 0.5) is 5.82 Å². The van der Waals surface area contributed by atoms with Gasteiger partial charge in [0.1, 0.15) is 22.5 Å². The summed E-state index contributed by atoms with van der Waals surface area (Å²) in [5, 5.41) is 13.2. The summed E-state index contributed by atoms with van der Waals surface area (Å²) in [6.45, 7) is 1.75. The third-order valence-electron chi connectivity index (χ3n) is 1.91. The minimum absolute atomic E-state index is 0.257. The Balaban J connectivity index is 2.92. The van der Waals surface area contributed by atoms with Crippen molar-refractivity contribution in [2.24, 2.45) is 0 Å². The average Bonchev–Trinajstić information content (AvgIpc) is 2.46. The molecular formula is C8H6ClN5.